The van der Waals surface area contributed by atoms with Crippen molar-refractivity contribution >= 4 is 52.4 Å². The number of imide groups is 1. The first kappa shape index (κ1) is 25.5. The van der Waals surface area contributed by atoms with Gasteiger partial charge in [-0.2, -0.15) is 13.2 Å². The second-order valence-electron chi connectivity index (χ2n) is 6.52. The van der Waals surface area contributed by atoms with E-state index in [-0.39, 0.29) is 32.3 Å². The normalized spacial score (nSPS) is 11.2. The lowest BCUT2D eigenvalue weighted by atomic mass is 10.2. The molecule has 3 rings (SSSR count). The number of hydrogen-bond acceptors (Lipinski definition) is 3. The summed E-state index contributed by atoms with van der Waals surface area (Å²) in [5.41, 5.74) is -1.98. The molecule has 0 bridgehead atoms. The van der Waals surface area contributed by atoms with Crippen LogP contribution in [-0.2, 0) is 6.18 Å². The Hall–Kier alpha value is -3.08. The highest BCUT2D eigenvalue weighted by molar-refractivity contribution is 6.38. The predicted molar refractivity (Wildman–Crippen MR) is 116 cm³/mol. The van der Waals surface area contributed by atoms with E-state index >= 15 is 0 Å². The van der Waals surface area contributed by atoms with Gasteiger partial charge in [0.2, 0.25) is 0 Å². The fourth-order valence-corrected chi connectivity index (χ4v) is 3.43. The zero-order chi connectivity index (χ0) is 25.2. The number of alkyl halides is 3. The third-order valence-corrected chi connectivity index (χ3v) is 5.00. The van der Waals surface area contributed by atoms with Crippen molar-refractivity contribution < 1.29 is 36.3 Å². The highest BCUT2D eigenvalue weighted by Gasteiger charge is 2.31. The lowest BCUT2D eigenvalue weighted by Crippen LogP contribution is -2.35. The van der Waals surface area contributed by atoms with Crippen molar-refractivity contribution in [3.63, 3.8) is 0 Å². The van der Waals surface area contributed by atoms with Gasteiger partial charge in [0.1, 0.15) is 22.9 Å². The molecule has 3 amide bonds. The summed E-state index contributed by atoms with van der Waals surface area (Å²) in [6.45, 7) is 0. The number of hydrogen-bond donors (Lipinski definition) is 2. The van der Waals surface area contributed by atoms with Gasteiger partial charge in [-0.1, -0.05) is 40.9 Å². The Bertz CT molecular complexity index is 1240. The largest absolute Gasteiger partial charge is 0.453 e. The van der Waals surface area contributed by atoms with E-state index in [0.29, 0.717) is 6.07 Å². The van der Waals surface area contributed by atoms with Gasteiger partial charge >= 0.3 is 12.2 Å². The van der Waals surface area contributed by atoms with Gasteiger partial charge in [0, 0.05) is 5.69 Å². The van der Waals surface area contributed by atoms with Crippen LogP contribution in [0.25, 0.3) is 0 Å². The minimum absolute atomic E-state index is 0.0415. The van der Waals surface area contributed by atoms with Crippen LogP contribution in [0.3, 0.4) is 0 Å². The number of carbonyl (C=O) groups excluding carboxylic acids is 2. The maximum absolute atomic E-state index is 13.7. The molecule has 5 nitrogen and oxygen atoms in total. The second kappa shape index (κ2) is 10.0. The van der Waals surface area contributed by atoms with Crippen molar-refractivity contribution in [2.24, 2.45) is 0 Å². The molecule has 0 aromatic heterocycles. The van der Waals surface area contributed by atoms with E-state index in [2.05, 4.69) is 5.32 Å². The molecule has 0 fully saturated rings. The van der Waals surface area contributed by atoms with Crippen molar-refractivity contribution in [3.05, 3.63) is 86.4 Å². The van der Waals surface area contributed by atoms with E-state index in [4.69, 9.17) is 39.5 Å². The third-order valence-electron chi connectivity index (χ3n) is 4.14. The number of amides is 3. The molecule has 0 aliphatic carbocycles. The average Bonchev–Trinajstić information content (AvgIpc) is 2.70. The van der Waals surface area contributed by atoms with Gasteiger partial charge < -0.3 is 10.1 Å². The Labute approximate surface area is 203 Å². The number of rotatable bonds is 4. The molecule has 0 saturated heterocycles. The standard InChI is InChI=1S/C21H10Cl3F5N2O3/c22-11-6-9(21(27,28)29)4-5-16(11)34-18-12(23)7-10(8-13(18)24)30-20(33)31-19(32)17-14(25)2-1-3-15(17)26/h1-8H,(H2,30,31,32,33). The lowest BCUT2D eigenvalue weighted by molar-refractivity contribution is -0.137. The molecule has 0 saturated carbocycles. The first-order valence-corrected chi connectivity index (χ1v) is 10.1. The molecular weight excluding hydrogens is 530 g/mol. The van der Waals surface area contributed by atoms with E-state index < -0.39 is 40.9 Å². The summed E-state index contributed by atoms with van der Waals surface area (Å²) in [5.74, 6) is -4.02. The minimum atomic E-state index is -4.61. The van der Waals surface area contributed by atoms with Crippen molar-refractivity contribution in [2.75, 3.05) is 5.32 Å². The van der Waals surface area contributed by atoms with Crippen LogP contribution >= 0.6 is 34.8 Å². The topological polar surface area (TPSA) is 67.4 Å². The maximum Gasteiger partial charge on any atom is 0.416 e. The molecular formula is C21H10Cl3F5N2O3. The van der Waals surface area contributed by atoms with Crippen LogP contribution in [0.4, 0.5) is 32.4 Å². The molecule has 0 radical (unpaired) electrons. The van der Waals surface area contributed by atoms with Crippen molar-refractivity contribution in [2.45, 2.75) is 6.18 Å². The van der Waals surface area contributed by atoms with Gasteiger partial charge in [-0.15, -0.1) is 0 Å². The molecule has 0 aliphatic rings. The average molecular weight is 540 g/mol. The van der Waals surface area contributed by atoms with E-state index in [0.717, 1.165) is 42.5 Å². The molecule has 0 heterocycles. The van der Waals surface area contributed by atoms with Gasteiger partial charge in [0.25, 0.3) is 5.91 Å². The van der Waals surface area contributed by atoms with Gasteiger partial charge in [0.15, 0.2) is 5.75 Å². The fraction of sp³-hybridized carbons (Fsp3) is 0.0476. The van der Waals surface area contributed by atoms with E-state index in [9.17, 15) is 31.5 Å². The highest BCUT2D eigenvalue weighted by atomic mass is 35.5. The first-order chi connectivity index (χ1) is 15.9. The Kier molecular flexibility index (Phi) is 7.54. The molecule has 0 aliphatic heterocycles. The summed E-state index contributed by atoms with van der Waals surface area (Å²) in [6.07, 6.45) is -4.61. The van der Waals surface area contributed by atoms with Gasteiger partial charge in [-0.05, 0) is 42.5 Å². The van der Waals surface area contributed by atoms with Gasteiger partial charge in [0.05, 0.1) is 20.6 Å². The molecule has 0 unspecified atom stereocenters. The van der Waals surface area contributed by atoms with Crippen LogP contribution < -0.4 is 15.4 Å². The van der Waals surface area contributed by atoms with Crippen LogP contribution in [0.5, 0.6) is 11.5 Å². The quantitative estimate of drug-likeness (QED) is 0.334. The zero-order valence-corrected chi connectivity index (χ0v) is 18.6. The summed E-state index contributed by atoms with van der Waals surface area (Å²) >= 11 is 18.0. The number of nitrogens with one attached hydrogen (secondary N) is 2. The summed E-state index contributed by atoms with van der Waals surface area (Å²) in [7, 11) is 0. The first-order valence-electron chi connectivity index (χ1n) is 8.97. The molecule has 2 N–H and O–H groups in total. The number of urea groups is 1. The van der Waals surface area contributed by atoms with Crippen LogP contribution in [0.1, 0.15) is 15.9 Å². The summed E-state index contributed by atoms with van der Waals surface area (Å²) in [4.78, 5) is 24.0. The molecule has 0 spiro atoms. The van der Waals surface area contributed by atoms with E-state index in [1.165, 1.54) is 0 Å². The maximum atomic E-state index is 13.7. The van der Waals surface area contributed by atoms with E-state index in [1.807, 2.05) is 0 Å². The lowest BCUT2D eigenvalue weighted by Gasteiger charge is -2.14. The monoisotopic (exact) mass is 538 g/mol. The molecule has 34 heavy (non-hydrogen) atoms. The SMILES string of the molecule is O=C(NC(=O)c1c(F)cccc1F)Nc1cc(Cl)c(Oc2ccc(C(F)(F)F)cc2Cl)c(Cl)c1. The van der Waals surface area contributed by atoms with Gasteiger partial charge in [-0.3, -0.25) is 10.1 Å². The Morgan fingerprint density at radius 1 is 0.853 bits per heavy atom. The van der Waals surface area contributed by atoms with Crippen LogP contribution in [-0.4, -0.2) is 11.9 Å². The minimum Gasteiger partial charge on any atom is -0.453 e. The van der Waals surface area contributed by atoms with Gasteiger partial charge in [-0.25, -0.2) is 13.6 Å². The fourth-order valence-electron chi connectivity index (χ4n) is 2.64. The summed E-state index contributed by atoms with van der Waals surface area (Å²) in [6, 6.07) is 6.27. The van der Waals surface area contributed by atoms with Crippen molar-refractivity contribution in [1.82, 2.24) is 5.32 Å². The molecule has 178 valence electrons. The van der Waals surface area contributed by atoms with E-state index in [1.54, 1.807) is 5.32 Å². The smallest absolute Gasteiger partial charge is 0.416 e. The number of carbonyl (C=O) groups is 2. The number of anilines is 1. The predicted octanol–water partition coefficient (Wildman–Crippen LogP) is 7.70. The van der Waals surface area contributed by atoms with Crippen molar-refractivity contribution in [1.29, 1.82) is 0 Å². The zero-order valence-electron chi connectivity index (χ0n) is 16.4. The van der Waals surface area contributed by atoms with Crippen LogP contribution in [0.2, 0.25) is 15.1 Å². The Balaban J connectivity index is 1.74. The molecule has 3 aromatic rings. The third kappa shape index (κ3) is 5.88. The second-order valence-corrected chi connectivity index (χ2v) is 7.74. The number of ether oxygens (including phenoxy) is 1. The van der Waals surface area contributed by atoms with Crippen LogP contribution in [0.15, 0.2) is 48.5 Å². The molecule has 13 heteroatoms. The molecule has 3 aromatic carbocycles. The summed E-state index contributed by atoms with van der Waals surface area (Å²) in [5, 5.41) is 3.24. The van der Waals surface area contributed by atoms with Crippen LogP contribution in [0, 0.1) is 11.6 Å². The van der Waals surface area contributed by atoms with Crippen molar-refractivity contribution in [3.8, 4) is 11.5 Å². The number of halogens is 8. The Morgan fingerprint density at radius 3 is 1.97 bits per heavy atom. The summed E-state index contributed by atoms with van der Waals surface area (Å²) < 4.78 is 71.1. The highest BCUT2D eigenvalue weighted by Crippen LogP contribution is 2.42. The Morgan fingerprint density at radius 2 is 1.44 bits per heavy atom. The molecule has 0 atom stereocenters. The number of benzene rings is 3.